The molecule has 0 radical (unpaired) electrons. The average Bonchev–Trinajstić information content (AvgIpc) is 2.91. The number of rotatable bonds is 5. The van der Waals surface area contributed by atoms with E-state index in [2.05, 4.69) is 15.2 Å². The van der Waals surface area contributed by atoms with Crippen LogP contribution in [0.5, 0.6) is 0 Å². The number of fused-ring (bicyclic) bond motifs is 1. The van der Waals surface area contributed by atoms with Gasteiger partial charge in [-0.05, 0) is 49.2 Å². The van der Waals surface area contributed by atoms with Gasteiger partial charge in [0, 0.05) is 55.2 Å². The molecule has 1 aliphatic heterocycles. The smallest absolute Gasteiger partial charge is 0.254 e. The lowest BCUT2D eigenvalue weighted by atomic mass is 10.0. The molecule has 36 heavy (non-hydrogen) atoms. The van der Waals surface area contributed by atoms with Crippen LogP contribution in [0.2, 0.25) is 0 Å². The normalized spacial score (nSPS) is 14.1. The molecule has 1 fully saturated rings. The van der Waals surface area contributed by atoms with E-state index in [0.29, 0.717) is 38.3 Å². The Balaban J connectivity index is 1.28. The van der Waals surface area contributed by atoms with Crippen molar-refractivity contribution in [2.45, 2.75) is 13.8 Å². The third-order valence-corrected chi connectivity index (χ3v) is 6.68. The minimum Gasteiger partial charge on any atom is -0.336 e. The Morgan fingerprint density at radius 3 is 2.39 bits per heavy atom. The number of carbonyl (C=O) groups is 2. The van der Waals surface area contributed by atoms with Crippen LogP contribution in [-0.4, -0.2) is 64.3 Å². The highest BCUT2D eigenvalue weighted by molar-refractivity contribution is 6.07. The van der Waals surface area contributed by atoms with Crippen molar-refractivity contribution in [3.63, 3.8) is 0 Å². The van der Waals surface area contributed by atoms with Gasteiger partial charge < -0.3 is 10.2 Å². The van der Waals surface area contributed by atoms with Crippen LogP contribution in [-0.2, 0) is 4.79 Å². The summed E-state index contributed by atoms with van der Waals surface area (Å²) in [6, 6.07) is 19.4. The quantitative estimate of drug-likeness (QED) is 0.462. The summed E-state index contributed by atoms with van der Waals surface area (Å²) in [6.07, 6.45) is 3.48. The van der Waals surface area contributed by atoms with Crippen molar-refractivity contribution in [2.75, 3.05) is 38.0 Å². The highest BCUT2D eigenvalue weighted by Gasteiger charge is 2.25. The third kappa shape index (κ3) is 4.97. The summed E-state index contributed by atoms with van der Waals surface area (Å²) >= 11 is 0. The monoisotopic (exact) mass is 479 g/mol. The van der Waals surface area contributed by atoms with Crippen molar-refractivity contribution >= 4 is 28.4 Å². The van der Waals surface area contributed by atoms with Gasteiger partial charge in [-0.3, -0.25) is 19.5 Å². The number of hydrogen-bond donors (Lipinski definition) is 1. The number of pyridine rings is 2. The topological polar surface area (TPSA) is 78.4 Å². The minimum atomic E-state index is -0.0339. The zero-order valence-corrected chi connectivity index (χ0v) is 20.6. The molecule has 1 N–H and O–H groups in total. The Hall–Kier alpha value is -4.10. The average molecular weight is 480 g/mol. The second-order valence-electron chi connectivity index (χ2n) is 9.20. The van der Waals surface area contributed by atoms with Crippen LogP contribution in [0, 0.1) is 13.8 Å². The molecule has 3 heterocycles. The molecule has 5 rings (SSSR count). The first kappa shape index (κ1) is 23.6. The number of para-hydroxylation sites is 2. The fourth-order valence-corrected chi connectivity index (χ4v) is 4.69. The van der Waals surface area contributed by atoms with Crippen molar-refractivity contribution in [1.82, 2.24) is 19.8 Å². The maximum absolute atomic E-state index is 13.6. The summed E-state index contributed by atoms with van der Waals surface area (Å²) in [7, 11) is 0. The first-order chi connectivity index (χ1) is 17.5. The molecule has 0 bridgehead atoms. The molecule has 182 valence electrons. The number of aryl methyl sites for hydroxylation is 2. The van der Waals surface area contributed by atoms with E-state index >= 15 is 0 Å². The molecule has 2 aromatic heterocycles. The van der Waals surface area contributed by atoms with Gasteiger partial charge in [0.2, 0.25) is 5.91 Å². The van der Waals surface area contributed by atoms with Gasteiger partial charge in [-0.2, -0.15) is 0 Å². The van der Waals surface area contributed by atoms with E-state index in [-0.39, 0.29) is 11.8 Å². The Morgan fingerprint density at radius 1 is 0.917 bits per heavy atom. The Labute approximate surface area is 210 Å². The van der Waals surface area contributed by atoms with E-state index < -0.39 is 0 Å². The van der Waals surface area contributed by atoms with Crippen molar-refractivity contribution in [3.8, 4) is 11.3 Å². The Morgan fingerprint density at radius 2 is 1.67 bits per heavy atom. The molecular weight excluding hydrogens is 450 g/mol. The van der Waals surface area contributed by atoms with Gasteiger partial charge in [-0.25, -0.2) is 4.98 Å². The van der Waals surface area contributed by atoms with Crippen molar-refractivity contribution in [1.29, 1.82) is 0 Å². The number of anilines is 1. The first-order valence-electron chi connectivity index (χ1n) is 12.2. The second-order valence-corrected chi connectivity index (χ2v) is 9.20. The van der Waals surface area contributed by atoms with E-state index in [1.54, 1.807) is 12.4 Å². The molecule has 0 unspecified atom stereocenters. The van der Waals surface area contributed by atoms with Crippen LogP contribution < -0.4 is 5.32 Å². The molecular formula is C29H29N5O2. The van der Waals surface area contributed by atoms with Crippen LogP contribution in [0.25, 0.3) is 22.2 Å². The van der Waals surface area contributed by atoms with Crippen molar-refractivity contribution < 1.29 is 9.59 Å². The number of piperazine rings is 1. The summed E-state index contributed by atoms with van der Waals surface area (Å²) in [5, 5.41) is 3.89. The number of hydrogen-bond acceptors (Lipinski definition) is 5. The molecule has 0 spiro atoms. The number of carbonyl (C=O) groups excluding carboxylic acids is 2. The van der Waals surface area contributed by atoms with E-state index in [1.807, 2.05) is 79.4 Å². The van der Waals surface area contributed by atoms with Crippen molar-refractivity contribution in [2.24, 2.45) is 0 Å². The van der Waals surface area contributed by atoms with Gasteiger partial charge in [-0.15, -0.1) is 0 Å². The fraction of sp³-hybridized carbons (Fsp3) is 0.241. The van der Waals surface area contributed by atoms with Gasteiger partial charge >= 0.3 is 0 Å². The zero-order valence-electron chi connectivity index (χ0n) is 20.6. The van der Waals surface area contributed by atoms with Crippen LogP contribution in [0.1, 0.15) is 21.5 Å². The summed E-state index contributed by atoms with van der Waals surface area (Å²) in [4.78, 5) is 39.2. The lowest BCUT2D eigenvalue weighted by molar-refractivity contribution is -0.117. The molecule has 0 atom stereocenters. The summed E-state index contributed by atoms with van der Waals surface area (Å²) in [6.45, 7) is 6.71. The lowest BCUT2D eigenvalue weighted by Gasteiger charge is -2.34. The minimum absolute atomic E-state index is 0.0154. The number of amides is 2. The highest BCUT2D eigenvalue weighted by atomic mass is 16.2. The lowest BCUT2D eigenvalue weighted by Crippen LogP contribution is -2.50. The predicted molar refractivity (Wildman–Crippen MR) is 142 cm³/mol. The molecule has 2 aromatic carbocycles. The fourth-order valence-electron chi connectivity index (χ4n) is 4.69. The van der Waals surface area contributed by atoms with Crippen LogP contribution in [0.3, 0.4) is 0 Å². The van der Waals surface area contributed by atoms with E-state index in [1.165, 1.54) is 0 Å². The largest absolute Gasteiger partial charge is 0.336 e. The molecule has 4 aromatic rings. The summed E-state index contributed by atoms with van der Waals surface area (Å²) < 4.78 is 0. The van der Waals surface area contributed by atoms with Crippen LogP contribution >= 0.6 is 0 Å². The van der Waals surface area contributed by atoms with Gasteiger partial charge in [0.05, 0.1) is 23.3 Å². The predicted octanol–water partition coefficient (Wildman–Crippen LogP) is 4.31. The van der Waals surface area contributed by atoms with Gasteiger partial charge in [-0.1, -0.05) is 36.4 Å². The van der Waals surface area contributed by atoms with Gasteiger partial charge in [0.15, 0.2) is 0 Å². The molecule has 0 saturated carbocycles. The van der Waals surface area contributed by atoms with Crippen LogP contribution in [0.15, 0.2) is 73.1 Å². The van der Waals surface area contributed by atoms with E-state index in [4.69, 9.17) is 4.98 Å². The molecule has 2 amide bonds. The number of aromatic nitrogens is 2. The third-order valence-electron chi connectivity index (χ3n) is 6.68. The SMILES string of the molecule is Cc1cccc(C)c1NC(=O)CN1CCN(C(=O)c2cc(-c3cccnc3)nc3ccccc23)CC1. The maximum Gasteiger partial charge on any atom is 0.254 e. The standard InChI is InChI=1S/C29H29N5O2/c1-20-7-5-8-21(2)28(20)32-27(35)19-33-13-15-34(16-14-33)29(36)24-17-26(22-9-6-12-30-18-22)31-25-11-4-3-10-23(24)25/h3-12,17-18H,13-16,19H2,1-2H3,(H,32,35). The summed E-state index contributed by atoms with van der Waals surface area (Å²) in [5.74, 6) is -0.0493. The van der Waals surface area contributed by atoms with Gasteiger partial charge in [0.25, 0.3) is 5.91 Å². The van der Waals surface area contributed by atoms with Crippen molar-refractivity contribution in [3.05, 3.63) is 89.7 Å². The first-order valence-corrected chi connectivity index (χ1v) is 12.2. The Bertz CT molecular complexity index is 1390. The van der Waals surface area contributed by atoms with E-state index in [9.17, 15) is 9.59 Å². The Kier molecular flexibility index (Phi) is 6.73. The number of benzene rings is 2. The highest BCUT2D eigenvalue weighted by Crippen LogP contribution is 2.26. The molecule has 1 saturated heterocycles. The number of nitrogens with zero attached hydrogens (tertiary/aromatic N) is 4. The maximum atomic E-state index is 13.6. The number of nitrogens with one attached hydrogen (secondary N) is 1. The molecule has 7 nitrogen and oxygen atoms in total. The molecule has 7 heteroatoms. The summed E-state index contributed by atoms with van der Waals surface area (Å²) in [5.41, 5.74) is 6.00. The second kappa shape index (κ2) is 10.3. The zero-order chi connectivity index (χ0) is 25.1. The molecule has 0 aliphatic carbocycles. The van der Waals surface area contributed by atoms with E-state index in [0.717, 1.165) is 39.0 Å². The van der Waals surface area contributed by atoms with Crippen LogP contribution in [0.4, 0.5) is 5.69 Å². The molecule has 1 aliphatic rings. The van der Waals surface area contributed by atoms with Gasteiger partial charge in [0.1, 0.15) is 0 Å².